The van der Waals surface area contributed by atoms with Crippen molar-refractivity contribution in [3.63, 3.8) is 0 Å². The number of benzene rings is 1. The van der Waals surface area contributed by atoms with Crippen LogP contribution in [-0.2, 0) is 6.42 Å². The van der Waals surface area contributed by atoms with Crippen LogP contribution in [0, 0.1) is 0 Å². The van der Waals surface area contributed by atoms with Crippen LogP contribution in [0.25, 0.3) is 10.9 Å². The van der Waals surface area contributed by atoms with Gasteiger partial charge in [0, 0.05) is 25.9 Å². The zero-order chi connectivity index (χ0) is 11.5. The molecule has 16 heavy (non-hydrogen) atoms. The molecule has 0 amide bonds. The van der Waals surface area contributed by atoms with E-state index in [1.54, 1.807) is 0 Å². The van der Waals surface area contributed by atoms with Crippen molar-refractivity contribution >= 4 is 16.7 Å². The van der Waals surface area contributed by atoms with Crippen LogP contribution in [0.1, 0.15) is 19.2 Å². The Morgan fingerprint density at radius 1 is 1.12 bits per heavy atom. The van der Waals surface area contributed by atoms with Gasteiger partial charge in [-0.25, -0.2) is 9.97 Å². The van der Waals surface area contributed by atoms with Crippen molar-refractivity contribution in [1.29, 1.82) is 0 Å². The molecule has 0 N–H and O–H groups in total. The highest BCUT2D eigenvalue weighted by Crippen LogP contribution is 2.22. The first kappa shape index (κ1) is 10.9. The third kappa shape index (κ3) is 1.98. The maximum Gasteiger partial charge on any atom is 0.139 e. The summed E-state index contributed by atoms with van der Waals surface area (Å²) in [7, 11) is 4.04. The number of nitrogens with zero attached hydrogens (tertiary/aromatic N) is 3. The highest BCUT2D eigenvalue weighted by Gasteiger charge is 2.07. The Morgan fingerprint density at radius 2 is 1.88 bits per heavy atom. The van der Waals surface area contributed by atoms with Gasteiger partial charge in [0.2, 0.25) is 0 Å². The molecule has 0 saturated heterocycles. The van der Waals surface area contributed by atoms with Crippen molar-refractivity contribution in [2.75, 3.05) is 19.0 Å². The van der Waals surface area contributed by atoms with Gasteiger partial charge in [0.1, 0.15) is 11.6 Å². The van der Waals surface area contributed by atoms with Gasteiger partial charge in [-0.15, -0.1) is 0 Å². The average Bonchev–Trinajstić information content (AvgIpc) is 2.28. The minimum atomic E-state index is 0.935. The number of fused-ring (bicyclic) bond motifs is 1. The van der Waals surface area contributed by atoms with Gasteiger partial charge in [-0.2, -0.15) is 0 Å². The van der Waals surface area contributed by atoms with Gasteiger partial charge >= 0.3 is 0 Å². The summed E-state index contributed by atoms with van der Waals surface area (Å²) < 4.78 is 0. The minimum Gasteiger partial charge on any atom is -0.362 e. The van der Waals surface area contributed by atoms with Crippen LogP contribution in [-0.4, -0.2) is 24.1 Å². The zero-order valence-corrected chi connectivity index (χ0v) is 10.1. The largest absolute Gasteiger partial charge is 0.362 e. The van der Waals surface area contributed by atoms with Gasteiger partial charge in [-0.1, -0.05) is 19.1 Å². The van der Waals surface area contributed by atoms with E-state index in [0.717, 1.165) is 35.4 Å². The second kappa shape index (κ2) is 4.47. The Hall–Kier alpha value is -1.64. The first-order chi connectivity index (χ1) is 7.72. The lowest BCUT2D eigenvalue weighted by Crippen LogP contribution is -2.13. The smallest absolute Gasteiger partial charge is 0.139 e. The number of para-hydroxylation sites is 1. The molecule has 0 aliphatic carbocycles. The van der Waals surface area contributed by atoms with Crippen LogP contribution >= 0.6 is 0 Å². The molecule has 1 heterocycles. The van der Waals surface area contributed by atoms with Gasteiger partial charge in [-0.05, 0) is 18.6 Å². The Bertz CT molecular complexity index is 492. The normalized spacial score (nSPS) is 10.7. The van der Waals surface area contributed by atoms with Crippen LogP contribution in [0.4, 0.5) is 5.82 Å². The fourth-order valence-corrected chi connectivity index (χ4v) is 1.78. The van der Waals surface area contributed by atoms with Gasteiger partial charge in [0.05, 0.1) is 5.52 Å². The minimum absolute atomic E-state index is 0.935. The van der Waals surface area contributed by atoms with Crippen molar-refractivity contribution in [1.82, 2.24) is 9.97 Å². The Labute approximate surface area is 96.1 Å². The summed E-state index contributed by atoms with van der Waals surface area (Å²) in [6.07, 6.45) is 2.01. The highest BCUT2D eigenvalue weighted by molar-refractivity contribution is 5.89. The fourth-order valence-electron chi connectivity index (χ4n) is 1.78. The van der Waals surface area contributed by atoms with Crippen molar-refractivity contribution in [2.45, 2.75) is 19.8 Å². The van der Waals surface area contributed by atoms with Crippen molar-refractivity contribution < 1.29 is 0 Å². The van der Waals surface area contributed by atoms with Crippen LogP contribution < -0.4 is 4.90 Å². The average molecular weight is 215 g/mol. The molecule has 0 aliphatic rings. The standard InChI is InChI=1S/C13H17N3/c1-4-7-12-14-11-9-6-5-8-10(11)13(15-12)16(2)3/h5-6,8-9H,4,7H2,1-3H3. The van der Waals surface area contributed by atoms with E-state index in [-0.39, 0.29) is 0 Å². The maximum absolute atomic E-state index is 4.60. The third-order valence-electron chi connectivity index (χ3n) is 2.53. The summed E-state index contributed by atoms with van der Waals surface area (Å²) in [4.78, 5) is 11.2. The SMILES string of the molecule is CCCc1nc(N(C)C)c2ccccc2n1. The number of hydrogen-bond acceptors (Lipinski definition) is 3. The molecule has 0 saturated carbocycles. The van der Waals surface area contributed by atoms with E-state index in [1.165, 1.54) is 0 Å². The van der Waals surface area contributed by atoms with Gasteiger partial charge in [0.25, 0.3) is 0 Å². The Balaban J connectivity index is 2.64. The Morgan fingerprint density at radius 3 is 2.56 bits per heavy atom. The maximum atomic E-state index is 4.60. The topological polar surface area (TPSA) is 29.0 Å². The van der Waals surface area contributed by atoms with Crippen LogP contribution in [0.5, 0.6) is 0 Å². The predicted molar refractivity (Wildman–Crippen MR) is 67.9 cm³/mol. The molecule has 0 aliphatic heterocycles. The second-order valence-corrected chi connectivity index (χ2v) is 4.13. The number of anilines is 1. The van der Waals surface area contributed by atoms with E-state index in [4.69, 9.17) is 0 Å². The molecule has 2 aromatic rings. The number of hydrogen-bond donors (Lipinski definition) is 0. The van der Waals surface area contributed by atoms with E-state index in [9.17, 15) is 0 Å². The summed E-state index contributed by atoms with van der Waals surface area (Å²) in [6, 6.07) is 8.16. The number of rotatable bonds is 3. The van der Waals surface area contributed by atoms with Crippen LogP contribution in [0.15, 0.2) is 24.3 Å². The molecule has 1 aromatic heterocycles. The fraction of sp³-hybridized carbons (Fsp3) is 0.385. The third-order valence-corrected chi connectivity index (χ3v) is 2.53. The molecule has 3 heteroatoms. The molecule has 0 spiro atoms. The van der Waals surface area contributed by atoms with Crippen LogP contribution in [0.3, 0.4) is 0 Å². The number of aryl methyl sites for hydroxylation is 1. The second-order valence-electron chi connectivity index (χ2n) is 4.13. The molecule has 2 rings (SSSR count). The van der Waals surface area contributed by atoms with Gasteiger partial charge in [0.15, 0.2) is 0 Å². The zero-order valence-electron chi connectivity index (χ0n) is 10.1. The van der Waals surface area contributed by atoms with E-state index in [0.29, 0.717) is 0 Å². The van der Waals surface area contributed by atoms with Crippen molar-refractivity contribution in [3.8, 4) is 0 Å². The van der Waals surface area contributed by atoms with E-state index in [1.807, 2.05) is 37.2 Å². The summed E-state index contributed by atoms with van der Waals surface area (Å²) in [5.41, 5.74) is 1.03. The predicted octanol–water partition coefficient (Wildman–Crippen LogP) is 2.65. The molecule has 0 fully saturated rings. The molecular formula is C13H17N3. The lowest BCUT2D eigenvalue weighted by atomic mass is 10.2. The van der Waals surface area contributed by atoms with Gasteiger partial charge < -0.3 is 4.90 Å². The lowest BCUT2D eigenvalue weighted by Gasteiger charge is -2.15. The molecule has 1 aromatic carbocycles. The summed E-state index contributed by atoms with van der Waals surface area (Å²) >= 11 is 0. The summed E-state index contributed by atoms with van der Waals surface area (Å²) in [5.74, 6) is 1.94. The van der Waals surface area contributed by atoms with Crippen LogP contribution in [0.2, 0.25) is 0 Å². The molecule has 0 radical (unpaired) electrons. The molecule has 3 nitrogen and oxygen atoms in total. The van der Waals surface area contributed by atoms with Crippen molar-refractivity contribution in [3.05, 3.63) is 30.1 Å². The highest BCUT2D eigenvalue weighted by atomic mass is 15.1. The molecule has 0 unspecified atom stereocenters. The van der Waals surface area contributed by atoms with Gasteiger partial charge in [-0.3, -0.25) is 0 Å². The first-order valence-corrected chi connectivity index (χ1v) is 5.65. The quantitative estimate of drug-likeness (QED) is 0.788. The van der Waals surface area contributed by atoms with E-state index < -0.39 is 0 Å². The van der Waals surface area contributed by atoms with Crippen molar-refractivity contribution in [2.24, 2.45) is 0 Å². The Kier molecular flexibility index (Phi) is 3.04. The summed E-state index contributed by atoms with van der Waals surface area (Å²) in [5, 5.41) is 1.12. The van der Waals surface area contributed by atoms with E-state index >= 15 is 0 Å². The molecule has 84 valence electrons. The molecule has 0 bridgehead atoms. The van der Waals surface area contributed by atoms with E-state index in [2.05, 4.69) is 23.0 Å². The lowest BCUT2D eigenvalue weighted by molar-refractivity contribution is 0.839. The first-order valence-electron chi connectivity index (χ1n) is 5.65. The monoisotopic (exact) mass is 215 g/mol. The molecular weight excluding hydrogens is 198 g/mol. The summed E-state index contributed by atoms with van der Waals surface area (Å²) in [6.45, 7) is 2.15. The number of aromatic nitrogens is 2. The molecule has 0 atom stereocenters.